The molecule has 4 nitrogen and oxygen atoms in total. The Morgan fingerprint density at radius 2 is 2.25 bits per heavy atom. The Balaban J connectivity index is 1.58. The van der Waals surface area contributed by atoms with Gasteiger partial charge in [0.25, 0.3) is 0 Å². The summed E-state index contributed by atoms with van der Waals surface area (Å²) < 4.78 is 5.51. The van der Waals surface area contributed by atoms with Crippen molar-refractivity contribution >= 4 is 29.3 Å². The van der Waals surface area contributed by atoms with Crippen LogP contribution in [-0.2, 0) is 4.79 Å². The van der Waals surface area contributed by atoms with Crippen LogP contribution in [0.1, 0.15) is 6.42 Å². The molecule has 0 radical (unpaired) electrons. The monoisotopic (exact) mass is 314 g/mol. The molecule has 20 heavy (non-hydrogen) atoms. The summed E-state index contributed by atoms with van der Waals surface area (Å²) in [6.45, 7) is 1.96. The van der Waals surface area contributed by atoms with Gasteiger partial charge in [0.15, 0.2) is 0 Å². The number of carbonyl (C=O) groups is 1. The van der Waals surface area contributed by atoms with Crippen molar-refractivity contribution in [1.82, 2.24) is 10.6 Å². The van der Waals surface area contributed by atoms with E-state index in [1.54, 1.807) is 12.1 Å². The van der Waals surface area contributed by atoms with Crippen LogP contribution in [-0.4, -0.2) is 43.2 Å². The first kappa shape index (κ1) is 15.5. The molecule has 0 spiro atoms. The number of halogens is 1. The molecule has 1 fully saturated rings. The molecule has 0 aliphatic carbocycles. The maximum atomic E-state index is 11.7. The zero-order valence-electron chi connectivity index (χ0n) is 11.2. The minimum atomic E-state index is 0.0738. The van der Waals surface area contributed by atoms with E-state index in [-0.39, 0.29) is 5.91 Å². The lowest BCUT2D eigenvalue weighted by Gasteiger charge is -2.22. The van der Waals surface area contributed by atoms with Gasteiger partial charge in [-0.05, 0) is 24.3 Å². The third-order valence-electron chi connectivity index (χ3n) is 2.94. The molecule has 1 atom stereocenters. The van der Waals surface area contributed by atoms with Crippen molar-refractivity contribution in [3.8, 4) is 5.75 Å². The Bertz CT molecular complexity index is 422. The van der Waals surface area contributed by atoms with Gasteiger partial charge in [-0.2, -0.15) is 11.8 Å². The van der Waals surface area contributed by atoms with Crippen LogP contribution in [0.3, 0.4) is 0 Å². The van der Waals surface area contributed by atoms with Crippen molar-refractivity contribution in [1.29, 1.82) is 0 Å². The Labute approximate surface area is 128 Å². The first-order valence-electron chi connectivity index (χ1n) is 6.70. The molecule has 1 saturated heterocycles. The number of carbonyl (C=O) groups excluding carboxylic acids is 1. The molecule has 1 aliphatic rings. The van der Waals surface area contributed by atoms with Crippen molar-refractivity contribution in [3.05, 3.63) is 29.3 Å². The van der Waals surface area contributed by atoms with Gasteiger partial charge in [0.2, 0.25) is 5.91 Å². The van der Waals surface area contributed by atoms with Gasteiger partial charge >= 0.3 is 0 Å². The van der Waals surface area contributed by atoms with Gasteiger partial charge in [0.1, 0.15) is 12.4 Å². The second kappa shape index (κ2) is 8.39. The predicted molar refractivity (Wildman–Crippen MR) is 83.7 cm³/mol. The summed E-state index contributed by atoms with van der Waals surface area (Å²) in [4.78, 5) is 11.7. The van der Waals surface area contributed by atoms with E-state index in [0.717, 1.165) is 23.8 Å². The van der Waals surface area contributed by atoms with Gasteiger partial charge in [0.05, 0.1) is 6.54 Å². The Morgan fingerprint density at radius 3 is 2.95 bits per heavy atom. The summed E-state index contributed by atoms with van der Waals surface area (Å²) >= 11 is 7.68. The quantitative estimate of drug-likeness (QED) is 0.788. The van der Waals surface area contributed by atoms with Crippen LogP contribution in [0.4, 0.5) is 0 Å². The Kier molecular flexibility index (Phi) is 6.50. The fourth-order valence-corrected chi connectivity index (χ4v) is 3.01. The summed E-state index contributed by atoms with van der Waals surface area (Å²) in [5.41, 5.74) is 0. The normalized spacial score (nSPS) is 18.6. The molecular formula is C14H19ClN2O2S. The van der Waals surface area contributed by atoms with Crippen LogP contribution >= 0.6 is 23.4 Å². The molecule has 1 aromatic rings. The summed E-state index contributed by atoms with van der Waals surface area (Å²) in [6, 6.07) is 7.48. The molecule has 0 aromatic heterocycles. The lowest BCUT2D eigenvalue weighted by Crippen LogP contribution is -2.41. The molecule has 6 heteroatoms. The van der Waals surface area contributed by atoms with Crippen LogP contribution in [0.25, 0.3) is 0 Å². The van der Waals surface area contributed by atoms with Crippen molar-refractivity contribution < 1.29 is 9.53 Å². The van der Waals surface area contributed by atoms with Crippen LogP contribution < -0.4 is 15.4 Å². The second-order valence-electron chi connectivity index (χ2n) is 4.58. The van der Waals surface area contributed by atoms with E-state index in [1.165, 1.54) is 0 Å². The number of hydrogen-bond donors (Lipinski definition) is 2. The van der Waals surface area contributed by atoms with E-state index in [9.17, 15) is 4.79 Å². The Morgan fingerprint density at radius 1 is 1.45 bits per heavy atom. The number of amides is 1. The number of thioether (sulfide) groups is 1. The summed E-state index contributed by atoms with van der Waals surface area (Å²) in [6.07, 6.45) is 0.536. The van der Waals surface area contributed by atoms with Gasteiger partial charge in [-0.15, -0.1) is 0 Å². The highest BCUT2D eigenvalue weighted by molar-refractivity contribution is 7.99. The van der Waals surface area contributed by atoms with E-state index in [4.69, 9.17) is 16.3 Å². The van der Waals surface area contributed by atoms with Crippen LogP contribution in [0.2, 0.25) is 5.02 Å². The van der Waals surface area contributed by atoms with Gasteiger partial charge in [0, 0.05) is 35.5 Å². The second-order valence-corrected chi connectivity index (χ2v) is 6.17. The van der Waals surface area contributed by atoms with Crippen LogP contribution in [0.15, 0.2) is 24.3 Å². The molecule has 1 aliphatic heterocycles. The third kappa shape index (κ3) is 5.61. The lowest BCUT2D eigenvalue weighted by molar-refractivity contribution is -0.121. The third-order valence-corrected chi connectivity index (χ3v) is 4.32. The maximum Gasteiger partial charge on any atom is 0.221 e. The number of nitrogens with one attached hydrogen (secondary N) is 2. The number of ether oxygens (including phenoxy) is 1. The zero-order chi connectivity index (χ0) is 14.2. The first-order valence-corrected chi connectivity index (χ1v) is 8.23. The lowest BCUT2D eigenvalue weighted by atomic mass is 10.2. The van der Waals surface area contributed by atoms with Gasteiger partial charge in [-0.1, -0.05) is 11.6 Å². The van der Waals surface area contributed by atoms with Gasteiger partial charge in [-0.3, -0.25) is 4.79 Å². The molecule has 1 unspecified atom stereocenters. The highest BCUT2D eigenvalue weighted by Crippen LogP contribution is 2.15. The summed E-state index contributed by atoms with van der Waals surface area (Å²) in [5, 5.41) is 6.90. The topological polar surface area (TPSA) is 50.4 Å². The fourth-order valence-electron chi connectivity index (χ4n) is 1.94. The largest absolute Gasteiger partial charge is 0.492 e. The molecular weight excluding hydrogens is 296 g/mol. The maximum absolute atomic E-state index is 11.7. The van der Waals surface area contributed by atoms with Gasteiger partial charge < -0.3 is 15.4 Å². The molecule has 2 N–H and O–H groups in total. The summed E-state index contributed by atoms with van der Waals surface area (Å²) in [5.74, 6) is 2.97. The van der Waals surface area contributed by atoms with Crippen LogP contribution in [0.5, 0.6) is 5.75 Å². The molecule has 1 aromatic carbocycles. The molecule has 0 saturated carbocycles. The number of benzene rings is 1. The van der Waals surface area contributed by atoms with Gasteiger partial charge in [-0.25, -0.2) is 0 Å². The predicted octanol–water partition coefficient (Wildman–Crippen LogP) is 1.93. The van der Waals surface area contributed by atoms with E-state index in [1.807, 2.05) is 23.9 Å². The summed E-state index contributed by atoms with van der Waals surface area (Å²) in [7, 11) is 0. The molecule has 1 amide bonds. The first-order chi connectivity index (χ1) is 9.74. The highest BCUT2D eigenvalue weighted by Gasteiger charge is 2.16. The Hall–Kier alpha value is -0.910. The number of hydrogen-bond acceptors (Lipinski definition) is 4. The van der Waals surface area contributed by atoms with Crippen molar-refractivity contribution in [2.75, 3.05) is 31.2 Å². The molecule has 0 bridgehead atoms. The molecule has 1 heterocycles. The van der Waals surface area contributed by atoms with E-state index in [2.05, 4.69) is 10.6 Å². The average molecular weight is 315 g/mol. The smallest absolute Gasteiger partial charge is 0.221 e. The molecule has 2 rings (SSSR count). The fraction of sp³-hybridized carbons (Fsp3) is 0.500. The number of rotatable bonds is 6. The SMILES string of the molecule is O=C(CC1CSCCN1)NCCOc1ccc(Cl)cc1. The average Bonchev–Trinajstić information content (AvgIpc) is 2.46. The van der Waals surface area contributed by atoms with Crippen molar-refractivity contribution in [3.63, 3.8) is 0 Å². The van der Waals surface area contributed by atoms with E-state index in [0.29, 0.717) is 30.6 Å². The van der Waals surface area contributed by atoms with E-state index < -0.39 is 0 Å². The van der Waals surface area contributed by atoms with Crippen molar-refractivity contribution in [2.24, 2.45) is 0 Å². The minimum absolute atomic E-state index is 0.0738. The van der Waals surface area contributed by atoms with Crippen molar-refractivity contribution in [2.45, 2.75) is 12.5 Å². The standard InChI is InChI=1S/C14H19ClN2O2S/c15-11-1-3-13(4-2-11)19-7-5-17-14(18)9-12-10-20-8-6-16-12/h1-4,12,16H,5-10H2,(H,17,18). The van der Waals surface area contributed by atoms with Crippen LogP contribution in [0, 0.1) is 0 Å². The van der Waals surface area contributed by atoms with E-state index >= 15 is 0 Å². The zero-order valence-corrected chi connectivity index (χ0v) is 12.8. The minimum Gasteiger partial charge on any atom is -0.492 e. The highest BCUT2D eigenvalue weighted by atomic mass is 35.5. The molecule has 110 valence electrons.